The summed E-state index contributed by atoms with van der Waals surface area (Å²) < 4.78 is 41.0. The van der Waals surface area contributed by atoms with Crippen molar-refractivity contribution in [2.45, 2.75) is 19.1 Å². The van der Waals surface area contributed by atoms with Crippen molar-refractivity contribution in [3.05, 3.63) is 107 Å². The molecule has 1 atom stereocenters. The summed E-state index contributed by atoms with van der Waals surface area (Å²) in [6, 6.07) is 17.5. The Hall–Kier alpha value is -3.61. The summed E-state index contributed by atoms with van der Waals surface area (Å²) in [6.45, 7) is 0.273. The van der Waals surface area contributed by atoms with Crippen molar-refractivity contribution in [3.63, 3.8) is 0 Å². The van der Waals surface area contributed by atoms with Crippen molar-refractivity contribution in [1.29, 1.82) is 0 Å². The number of nitrogens with zero attached hydrogens (tertiary/aromatic N) is 2. The Kier molecular flexibility index (Phi) is 6.02. The number of oxime groups is 1. The SMILES string of the molecule is O=C(c1ccccc1F)N(Cc1ccc(F)cc1)C[C@@H]1CC(c2cccc(F)c2)=NO1. The molecule has 1 aliphatic rings. The minimum atomic E-state index is -0.624. The highest BCUT2D eigenvalue weighted by Crippen LogP contribution is 2.21. The van der Waals surface area contributed by atoms with E-state index in [1.54, 1.807) is 30.3 Å². The molecule has 0 radical (unpaired) electrons. The first kappa shape index (κ1) is 20.7. The second-order valence-corrected chi connectivity index (χ2v) is 7.27. The average Bonchev–Trinajstić information content (AvgIpc) is 3.23. The Labute approximate surface area is 177 Å². The van der Waals surface area contributed by atoms with E-state index in [4.69, 9.17) is 4.84 Å². The van der Waals surface area contributed by atoms with Gasteiger partial charge < -0.3 is 9.74 Å². The molecule has 0 bridgehead atoms. The molecule has 158 valence electrons. The molecule has 31 heavy (non-hydrogen) atoms. The quantitative estimate of drug-likeness (QED) is 0.563. The van der Waals surface area contributed by atoms with Gasteiger partial charge in [0.1, 0.15) is 17.5 Å². The molecule has 1 heterocycles. The molecule has 0 saturated heterocycles. The zero-order valence-corrected chi connectivity index (χ0v) is 16.5. The number of halogens is 3. The van der Waals surface area contributed by atoms with E-state index in [-0.39, 0.29) is 30.3 Å². The lowest BCUT2D eigenvalue weighted by Gasteiger charge is -2.25. The van der Waals surface area contributed by atoms with Crippen molar-refractivity contribution in [1.82, 2.24) is 4.90 Å². The summed E-state index contributed by atoms with van der Waals surface area (Å²) in [5, 5.41) is 4.04. The van der Waals surface area contributed by atoms with Gasteiger partial charge in [-0.2, -0.15) is 0 Å². The van der Waals surface area contributed by atoms with Gasteiger partial charge >= 0.3 is 0 Å². The molecule has 3 aromatic rings. The highest BCUT2D eigenvalue weighted by molar-refractivity contribution is 6.01. The van der Waals surface area contributed by atoms with E-state index in [2.05, 4.69) is 5.16 Å². The minimum absolute atomic E-state index is 0.0612. The van der Waals surface area contributed by atoms with Gasteiger partial charge in [0.05, 0.1) is 17.8 Å². The van der Waals surface area contributed by atoms with Crippen LogP contribution in [-0.4, -0.2) is 29.2 Å². The lowest BCUT2D eigenvalue weighted by molar-refractivity contribution is 0.0402. The van der Waals surface area contributed by atoms with Crippen LogP contribution in [-0.2, 0) is 11.4 Å². The van der Waals surface area contributed by atoms with Crippen LogP contribution in [0, 0.1) is 17.5 Å². The average molecular weight is 424 g/mol. The second kappa shape index (κ2) is 9.04. The molecular weight excluding hydrogens is 405 g/mol. The third-order valence-corrected chi connectivity index (χ3v) is 4.99. The number of carbonyl (C=O) groups excluding carboxylic acids is 1. The van der Waals surface area contributed by atoms with Crippen LogP contribution in [0.3, 0.4) is 0 Å². The van der Waals surface area contributed by atoms with Gasteiger partial charge in [-0.25, -0.2) is 13.2 Å². The highest BCUT2D eigenvalue weighted by atomic mass is 19.1. The van der Waals surface area contributed by atoms with Crippen molar-refractivity contribution in [3.8, 4) is 0 Å². The van der Waals surface area contributed by atoms with Gasteiger partial charge in [-0.1, -0.05) is 41.6 Å². The summed E-state index contributed by atoms with van der Waals surface area (Å²) in [5.41, 5.74) is 1.81. The Morgan fingerprint density at radius 1 is 0.968 bits per heavy atom. The molecule has 1 amide bonds. The standard InChI is InChI=1S/C24H19F3N2O2/c25-18-10-8-16(9-11-18)14-29(24(30)21-6-1-2-7-22(21)27)15-20-13-23(28-31-20)17-4-3-5-19(26)12-17/h1-12,20H,13-15H2/t20-/m0/s1. The fraction of sp³-hybridized carbons (Fsp3) is 0.167. The van der Waals surface area contributed by atoms with E-state index in [1.807, 2.05) is 0 Å². The molecule has 3 aromatic carbocycles. The van der Waals surface area contributed by atoms with Gasteiger partial charge in [-0.3, -0.25) is 4.79 Å². The van der Waals surface area contributed by atoms with Gasteiger partial charge in [0, 0.05) is 18.5 Å². The number of carbonyl (C=O) groups is 1. The molecular formula is C24H19F3N2O2. The normalized spacial score (nSPS) is 15.3. The van der Waals surface area contributed by atoms with Gasteiger partial charge in [0.2, 0.25) is 0 Å². The van der Waals surface area contributed by atoms with Crippen molar-refractivity contribution >= 4 is 11.6 Å². The summed E-state index contributed by atoms with van der Waals surface area (Å²) >= 11 is 0. The zero-order chi connectivity index (χ0) is 21.8. The van der Waals surface area contributed by atoms with E-state index in [0.29, 0.717) is 23.3 Å². The molecule has 0 unspecified atom stereocenters. The van der Waals surface area contributed by atoms with Gasteiger partial charge in [-0.15, -0.1) is 0 Å². The van der Waals surface area contributed by atoms with E-state index in [1.165, 1.54) is 47.4 Å². The van der Waals surface area contributed by atoms with Gasteiger partial charge in [0.15, 0.2) is 6.10 Å². The van der Waals surface area contributed by atoms with Crippen LogP contribution in [0.4, 0.5) is 13.2 Å². The van der Waals surface area contributed by atoms with Crippen molar-refractivity contribution < 1.29 is 22.8 Å². The maximum Gasteiger partial charge on any atom is 0.257 e. The third kappa shape index (κ3) is 4.94. The molecule has 4 nitrogen and oxygen atoms in total. The fourth-order valence-corrected chi connectivity index (χ4v) is 3.45. The molecule has 4 rings (SSSR count). The summed E-state index contributed by atoms with van der Waals surface area (Å²) in [4.78, 5) is 20.0. The van der Waals surface area contributed by atoms with Crippen molar-refractivity contribution in [2.24, 2.45) is 5.16 Å². The van der Waals surface area contributed by atoms with E-state index in [0.717, 1.165) is 0 Å². The van der Waals surface area contributed by atoms with Crippen LogP contribution in [0.1, 0.15) is 27.9 Å². The lowest BCUT2D eigenvalue weighted by atomic mass is 10.0. The number of rotatable bonds is 6. The van der Waals surface area contributed by atoms with Gasteiger partial charge in [-0.05, 0) is 42.0 Å². The monoisotopic (exact) mass is 424 g/mol. The molecule has 0 fully saturated rings. The van der Waals surface area contributed by atoms with Crippen LogP contribution in [0.5, 0.6) is 0 Å². The first-order valence-corrected chi connectivity index (χ1v) is 9.76. The summed E-state index contributed by atoms with van der Waals surface area (Å²) in [5.74, 6) is -1.90. The smallest absolute Gasteiger partial charge is 0.257 e. The third-order valence-electron chi connectivity index (χ3n) is 4.99. The van der Waals surface area contributed by atoms with Crippen LogP contribution in [0.2, 0.25) is 0 Å². The Morgan fingerprint density at radius 3 is 2.48 bits per heavy atom. The van der Waals surface area contributed by atoms with Gasteiger partial charge in [0.25, 0.3) is 5.91 Å². The largest absolute Gasteiger partial charge is 0.390 e. The highest BCUT2D eigenvalue weighted by Gasteiger charge is 2.28. The maximum atomic E-state index is 14.2. The molecule has 7 heteroatoms. The first-order chi connectivity index (χ1) is 15.0. The first-order valence-electron chi connectivity index (χ1n) is 9.76. The lowest BCUT2D eigenvalue weighted by Crippen LogP contribution is -2.37. The molecule has 0 aromatic heterocycles. The predicted molar refractivity (Wildman–Crippen MR) is 110 cm³/mol. The summed E-state index contributed by atoms with van der Waals surface area (Å²) in [6.07, 6.45) is -0.108. The number of amides is 1. The van der Waals surface area contributed by atoms with E-state index >= 15 is 0 Å². The van der Waals surface area contributed by atoms with Crippen LogP contribution in [0.15, 0.2) is 78.0 Å². The number of hydrogen-bond donors (Lipinski definition) is 0. The number of hydrogen-bond acceptors (Lipinski definition) is 3. The predicted octanol–water partition coefficient (Wildman–Crippen LogP) is 4.94. The molecule has 0 N–H and O–H groups in total. The number of benzene rings is 3. The Bertz CT molecular complexity index is 1120. The minimum Gasteiger partial charge on any atom is -0.390 e. The van der Waals surface area contributed by atoms with Crippen molar-refractivity contribution in [2.75, 3.05) is 6.54 Å². The molecule has 0 saturated carbocycles. The Balaban J connectivity index is 1.53. The second-order valence-electron chi connectivity index (χ2n) is 7.27. The van der Waals surface area contributed by atoms with Crippen LogP contribution < -0.4 is 0 Å². The topological polar surface area (TPSA) is 41.9 Å². The molecule has 1 aliphatic heterocycles. The van der Waals surface area contributed by atoms with E-state index < -0.39 is 17.8 Å². The van der Waals surface area contributed by atoms with Crippen LogP contribution >= 0.6 is 0 Å². The van der Waals surface area contributed by atoms with E-state index in [9.17, 15) is 18.0 Å². The zero-order valence-electron chi connectivity index (χ0n) is 16.5. The maximum absolute atomic E-state index is 14.2. The molecule has 0 aliphatic carbocycles. The summed E-state index contributed by atoms with van der Waals surface area (Å²) in [7, 11) is 0. The fourth-order valence-electron chi connectivity index (χ4n) is 3.45. The van der Waals surface area contributed by atoms with Crippen LogP contribution in [0.25, 0.3) is 0 Å². The Morgan fingerprint density at radius 2 is 1.74 bits per heavy atom. The molecule has 0 spiro atoms.